The number of nitrogens with two attached hydrogens (primary N) is 1. The number of likely N-dealkylation sites (N-methyl/N-ethyl adjacent to an activating group) is 1. The van der Waals surface area contributed by atoms with Gasteiger partial charge in [0.15, 0.2) is 0 Å². The third kappa shape index (κ3) is 3.95. The molecule has 0 bridgehead atoms. The van der Waals surface area contributed by atoms with Crippen molar-refractivity contribution in [3.05, 3.63) is 57.6 Å². The first kappa shape index (κ1) is 20.5. The summed E-state index contributed by atoms with van der Waals surface area (Å²) in [6.07, 6.45) is 7.13. The third-order valence-electron chi connectivity index (χ3n) is 6.74. The van der Waals surface area contributed by atoms with E-state index >= 15 is 0 Å². The van der Waals surface area contributed by atoms with Crippen molar-refractivity contribution in [2.24, 2.45) is 14.8 Å². The van der Waals surface area contributed by atoms with Crippen LogP contribution in [0.5, 0.6) is 0 Å². The number of nitrogens with zero attached hydrogens (tertiary/aromatic N) is 3. The van der Waals surface area contributed by atoms with Gasteiger partial charge >= 0.3 is 6.03 Å². The number of anilines is 1. The molecule has 0 atom stereocenters. The van der Waals surface area contributed by atoms with Crippen LogP contribution in [-0.4, -0.2) is 28.7 Å². The van der Waals surface area contributed by atoms with E-state index in [0.29, 0.717) is 4.90 Å². The fourth-order valence-corrected chi connectivity index (χ4v) is 6.08. The largest absolute Gasteiger partial charge is 0.364 e. The van der Waals surface area contributed by atoms with Crippen molar-refractivity contribution in [1.82, 2.24) is 4.90 Å². The molecule has 2 amide bonds. The normalized spacial score (nSPS) is 18.6. The average molecular weight is 440 g/mol. The van der Waals surface area contributed by atoms with Crippen molar-refractivity contribution >= 4 is 22.0 Å². The van der Waals surface area contributed by atoms with E-state index in [9.17, 15) is 9.00 Å². The molecule has 0 saturated heterocycles. The summed E-state index contributed by atoms with van der Waals surface area (Å²) in [7, 11) is -1.53. The Morgan fingerprint density at radius 1 is 1.00 bits per heavy atom. The van der Waals surface area contributed by atoms with Gasteiger partial charge in [-0.2, -0.15) is 0 Å². The van der Waals surface area contributed by atoms with Crippen molar-refractivity contribution in [1.29, 1.82) is 0 Å². The number of nitrogens with one attached hydrogen (secondary N) is 1. The molecule has 31 heavy (non-hydrogen) atoms. The molecule has 0 saturated carbocycles. The first-order chi connectivity index (χ1) is 14.9. The zero-order valence-electron chi connectivity index (χ0n) is 17.9. The maximum atomic E-state index is 13.0. The Morgan fingerprint density at radius 3 is 2.42 bits per heavy atom. The Kier molecular flexibility index (Phi) is 5.24. The van der Waals surface area contributed by atoms with Gasteiger partial charge < -0.3 is 10.2 Å². The molecule has 8 heteroatoms. The molecule has 2 aliphatic carbocycles. The molecule has 0 spiro atoms. The number of amides is 2. The van der Waals surface area contributed by atoms with Crippen molar-refractivity contribution in [3.8, 4) is 0 Å². The fourth-order valence-electron chi connectivity index (χ4n) is 5.14. The molecular formula is C23H29N5O2S. The highest BCUT2D eigenvalue weighted by Crippen LogP contribution is 2.38. The lowest BCUT2D eigenvalue weighted by atomic mass is 9.99. The molecule has 1 aliphatic heterocycles. The van der Waals surface area contributed by atoms with Crippen molar-refractivity contribution in [3.63, 3.8) is 0 Å². The van der Waals surface area contributed by atoms with Crippen LogP contribution in [0.3, 0.4) is 0 Å². The van der Waals surface area contributed by atoms with Gasteiger partial charge in [-0.25, -0.2) is 9.00 Å². The van der Waals surface area contributed by atoms with E-state index in [0.717, 1.165) is 69.3 Å². The second-order valence-corrected chi connectivity index (χ2v) is 10.9. The van der Waals surface area contributed by atoms with E-state index < -0.39 is 16.3 Å². The minimum absolute atomic E-state index is 0.439. The van der Waals surface area contributed by atoms with Crippen LogP contribution >= 0.6 is 0 Å². The zero-order chi connectivity index (χ0) is 21.6. The lowest BCUT2D eigenvalue weighted by molar-refractivity contribution is 0.258. The van der Waals surface area contributed by atoms with E-state index in [1.807, 2.05) is 12.1 Å². The molecule has 3 N–H and O–H groups in total. The number of hydrogen-bond acceptors (Lipinski definition) is 3. The average Bonchev–Trinajstić information content (AvgIpc) is 3.41. The molecule has 7 nitrogen and oxygen atoms in total. The SMILES string of the molecule is CN1CCc2cc([SH](N)(=O)/N=N/C(=O)Nc3c4c(cc5c3CCC5)CCC4)ccc2C1. The Labute approximate surface area is 183 Å². The van der Waals surface area contributed by atoms with Gasteiger partial charge in [0.25, 0.3) is 0 Å². The van der Waals surface area contributed by atoms with Crippen LogP contribution in [0.2, 0.25) is 0 Å². The predicted octanol–water partition coefficient (Wildman–Crippen LogP) is 3.50. The number of urea groups is 1. The molecule has 1 heterocycles. The quantitative estimate of drug-likeness (QED) is 0.504. The topological polar surface area (TPSA) is 100 Å². The number of carbonyl (C=O) groups is 1. The molecule has 0 unspecified atom stereocenters. The van der Waals surface area contributed by atoms with E-state index in [-0.39, 0.29) is 0 Å². The molecular weight excluding hydrogens is 410 g/mol. The lowest BCUT2D eigenvalue weighted by Gasteiger charge is -2.26. The summed E-state index contributed by atoms with van der Waals surface area (Å²) in [5.74, 6) is 0. The van der Waals surface area contributed by atoms with Gasteiger partial charge in [-0.1, -0.05) is 21.8 Å². The Hall–Kier alpha value is -2.42. The zero-order valence-corrected chi connectivity index (χ0v) is 18.8. The first-order valence-electron chi connectivity index (χ1n) is 11.0. The minimum Gasteiger partial charge on any atom is -0.304 e. The highest BCUT2D eigenvalue weighted by molar-refractivity contribution is 7.99. The fraction of sp³-hybridized carbons (Fsp3) is 0.435. The molecule has 0 aromatic heterocycles. The molecule has 5 rings (SSSR count). The summed E-state index contributed by atoms with van der Waals surface area (Å²) >= 11 is 0. The van der Waals surface area contributed by atoms with Gasteiger partial charge in [0.1, 0.15) is 0 Å². The Balaban J connectivity index is 1.36. The lowest BCUT2D eigenvalue weighted by Crippen LogP contribution is -2.27. The maximum Gasteiger partial charge on any atom is 0.364 e. The second-order valence-electron chi connectivity index (χ2n) is 8.92. The summed E-state index contributed by atoms with van der Waals surface area (Å²) in [5, 5.41) is 12.7. The van der Waals surface area contributed by atoms with Crippen LogP contribution in [0, 0.1) is 0 Å². The van der Waals surface area contributed by atoms with Crippen molar-refractivity contribution < 1.29 is 9.00 Å². The first-order valence-corrected chi connectivity index (χ1v) is 12.7. The van der Waals surface area contributed by atoms with Gasteiger partial charge in [0.05, 0.1) is 10.3 Å². The van der Waals surface area contributed by atoms with Crippen LogP contribution in [0.1, 0.15) is 46.2 Å². The highest BCUT2D eigenvalue weighted by Gasteiger charge is 2.25. The maximum absolute atomic E-state index is 13.0. The van der Waals surface area contributed by atoms with E-state index in [2.05, 4.69) is 33.0 Å². The highest BCUT2D eigenvalue weighted by atomic mass is 32.3. The minimum atomic E-state index is -3.61. The summed E-state index contributed by atoms with van der Waals surface area (Å²) in [6.45, 7) is 1.81. The monoisotopic (exact) mass is 439 g/mol. The summed E-state index contributed by atoms with van der Waals surface area (Å²) in [6, 6.07) is 7.25. The third-order valence-corrected chi connectivity index (χ3v) is 8.11. The molecule has 2 aromatic rings. The number of fused-ring (bicyclic) bond motifs is 3. The molecule has 164 valence electrons. The van der Waals surface area contributed by atoms with Crippen LogP contribution < -0.4 is 10.5 Å². The van der Waals surface area contributed by atoms with Gasteiger partial charge in [0.2, 0.25) is 0 Å². The van der Waals surface area contributed by atoms with Gasteiger partial charge in [-0.05, 0) is 97.5 Å². The summed E-state index contributed by atoms with van der Waals surface area (Å²) < 4.78 is 16.8. The van der Waals surface area contributed by atoms with Crippen LogP contribution in [0.4, 0.5) is 10.5 Å². The van der Waals surface area contributed by atoms with Gasteiger partial charge in [-0.15, -0.1) is 0 Å². The standard InChI is InChI=1S/C23H29N5O2S/c1-28-11-10-15-13-19(9-8-18(15)14-28)31(24,30)27-26-23(29)25-22-20-6-2-4-16(20)12-17-5-3-7-21(17)22/h8-9,12-13,31H,2-7,10-11,14H2,1H3,(H2,24,30)(H,25,29)/b27-26+. The summed E-state index contributed by atoms with van der Waals surface area (Å²) in [5.41, 5.74) is 8.35. The number of carbonyl (C=O) groups excluding carboxylic acids is 1. The second kappa shape index (κ2) is 7.93. The van der Waals surface area contributed by atoms with E-state index in [1.54, 1.807) is 6.07 Å². The van der Waals surface area contributed by atoms with Gasteiger partial charge in [-0.3, -0.25) is 5.14 Å². The predicted molar refractivity (Wildman–Crippen MR) is 123 cm³/mol. The van der Waals surface area contributed by atoms with Crippen LogP contribution in [-0.2, 0) is 49.0 Å². The molecule has 0 radical (unpaired) electrons. The van der Waals surface area contributed by atoms with Crippen LogP contribution in [0.25, 0.3) is 0 Å². The van der Waals surface area contributed by atoms with E-state index in [4.69, 9.17) is 5.14 Å². The van der Waals surface area contributed by atoms with E-state index in [1.165, 1.54) is 27.8 Å². The molecule has 3 aliphatic rings. The number of rotatable bonds is 3. The summed E-state index contributed by atoms with van der Waals surface area (Å²) in [4.78, 5) is 15.3. The number of thiol groups is 1. The van der Waals surface area contributed by atoms with Crippen LogP contribution in [0.15, 0.2) is 38.8 Å². The Bertz CT molecular complexity index is 1110. The molecule has 2 aromatic carbocycles. The smallest absolute Gasteiger partial charge is 0.304 e. The number of hydrogen-bond donors (Lipinski definition) is 3. The van der Waals surface area contributed by atoms with Crippen molar-refractivity contribution in [2.75, 3.05) is 18.9 Å². The van der Waals surface area contributed by atoms with Crippen molar-refractivity contribution in [2.45, 2.75) is 56.4 Å². The molecule has 0 fully saturated rings. The number of benzene rings is 2. The number of aryl methyl sites for hydroxylation is 2. The van der Waals surface area contributed by atoms with Gasteiger partial charge in [0, 0.05) is 23.7 Å². The Morgan fingerprint density at radius 2 is 1.71 bits per heavy atom.